The summed E-state index contributed by atoms with van der Waals surface area (Å²) in [7, 11) is 0. The Balaban J connectivity index is 1.74. The van der Waals surface area contributed by atoms with Gasteiger partial charge in [-0.1, -0.05) is 11.6 Å². The highest BCUT2D eigenvalue weighted by Gasteiger charge is 2.37. The highest BCUT2D eigenvalue weighted by molar-refractivity contribution is 6.31. The van der Waals surface area contributed by atoms with Crippen LogP contribution in [0.2, 0.25) is 5.02 Å². The molecule has 3 nitrogen and oxygen atoms in total. The zero-order valence-electron chi connectivity index (χ0n) is 17.1. The summed E-state index contributed by atoms with van der Waals surface area (Å²) in [5, 5.41) is 7.65. The molecule has 3 rings (SSSR count). The lowest BCUT2D eigenvalue weighted by atomic mass is 10.0. The fourth-order valence-corrected chi connectivity index (χ4v) is 3.28. The lowest BCUT2D eigenvalue weighted by molar-refractivity contribution is -0.143. The standard InChI is InChI=1S/C22H20ClF6N3/c1-20(2,12-31-18-5-6-30-19-10-16(23)3-4-17(18)19)32-11-13-7-14(21(24,25)26)9-15(8-13)22(27,28)29/h3-10,32H,11-12H2,1-2H3,(H,30,31). The highest BCUT2D eigenvalue weighted by atomic mass is 35.5. The minimum absolute atomic E-state index is 0.107. The van der Waals surface area contributed by atoms with Crippen molar-refractivity contribution < 1.29 is 26.3 Å². The van der Waals surface area contributed by atoms with Crippen LogP contribution < -0.4 is 10.6 Å². The summed E-state index contributed by atoms with van der Waals surface area (Å²) < 4.78 is 78.4. The number of nitrogens with one attached hydrogen (secondary N) is 2. The number of halogens is 7. The van der Waals surface area contributed by atoms with Crippen LogP contribution in [-0.4, -0.2) is 17.1 Å². The van der Waals surface area contributed by atoms with Crippen molar-refractivity contribution in [1.29, 1.82) is 0 Å². The average Bonchev–Trinajstić information content (AvgIpc) is 2.69. The number of nitrogens with zero attached hydrogens (tertiary/aromatic N) is 1. The molecule has 0 unspecified atom stereocenters. The lowest BCUT2D eigenvalue weighted by Gasteiger charge is -2.28. The van der Waals surface area contributed by atoms with Crippen molar-refractivity contribution in [3.8, 4) is 0 Å². The number of benzene rings is 2. The van der Waals surface area contributed by atoms with Gasteiger partial charge in [0.25, 0.3) is 0 Å². The minimum atomic E-state index is -4.88. The Bertz CT molecular complexity index is 1080. The third-order valence-electron chi connectivity index (χ3n) is 4.84. The van der Waals surface area contributed by atoms with Gasteiger partial charge < -0.3 is 10.6 Å². The molecule has 0 saturated heterocycles. The predicted molar refractivity (Wildman–Crippen MR) is 113 cm³/mol. The third-order valence-corrected chi connectivity index (χ3v) is 5.08. The van der Waals surface area contributed by atoms with E-state index < -0.39 is 29.0 Å². The van der Waals surface area contributed by atoms with Crippen molar-refractivity contribution in [2.24, 2.45) is 0 Å². The highest BCUT2D eigenvalue weighted by Crippen LogP contribution is 2.36. The van der Waals surface area contributed by atoms with Gasteiger partial charge in [-0.25, -0.2) is 0 Å². The molecule has 0 amide bonds. The first-order valence-corrected chi connectivity index (χ1v) is 9.94. The molecular formula is C22H20ClF6N3. The summed E-state index contributed by atoms with van der Waals surface area (Å²) in [6.45, 7) is 3.76. The number of aromatic nitrogens is 1. The Labute approximate surface area is 185 Å². The number of pyridine rings is 1. The van der Waals surface area contributed by atoms with E-state index in [0.717, 1.165) is 23.2 Å². The maximum absolute atomic E-state index is 13.1. The van der Waals surface area contributed by atoms with Gasteiger partial charge >= 0.3 is 12.4 Å². The number of anilines is 1. The zero-order chi connectivity index (χ0) is 23.7. The second kappa shape index (κ2) is 8.78. The molecule has 0 atom stereocenters. The first-order valence-electron chi connectivity index (χ1n) is 9.56. The van der Waals surface area contributed by atoms with Crippen LogP contribution in [0.1, 0.15) is 30.5 Å². The van der Waals surface area contributed by atoms with E-state index in [4.69, 9.17) is 11.6 Å². The zero-order valence-corrected chi connectivity index (χ0v) is 17.9. The first kappa shape index (κ1) is 24.1. The molecule has 0 aliphatic heterocycles. The number of hydrogen-bond acceptors (Lipinski definition) is 3. The molecule has 3 aromatic rings. The number of rotatable bonds is 6. The number of hydrogen-bond donors (Lipinski definition) is 2. The monoisotopic (exact) mass is 475 g/mol. The van der Waals surface area contributed by atoms with E-state index in [1.165, 1.54) is 0 Å². The summed E-state index contributed by atoms with van der Waals surface area (Å²) in [5.41, 5.74) is -1.96. The quantitative estimate of drug-likeness (QED) is 0.380. The Hall–Kier alpha value is -2.52. The molecule has 0 bridgehead atoms. The van der Waals surface area contributed by atoms with Gasteiger partial charge in [0.2, 0.25) is 0 Å². The molecule has 10 heteroatoms. The molecule has 172 valence electrons. The van der Waals surface area contributed by atoms with E-state index in [-0.39, 0.29) is 18.2 Å². The van der Waals surface area contributed by atoms with Crippen LogP contribution in [-0.2, 0) is 18.9 Å². The Morgan fingerprint density at radius 1 is 0.875 bits per heavy atom. The molecule has 0 aliphatic carbocycles. The number of fused-ring (bicyclic) bond motifs is 1. The normalized spacial score (nSPS) is 12.9. The fraction of sp³-hybridized carbons (Fsp3) is 0.318. The minimum Gasteiger partial charge on any atom is -0.383 e. The maximum atomic E-state index is 13.1. The summed E-state index contributed by atoms with van der Waals surface area (Å²) in [6, 6.07) is 8.61. The predicted octanol–water partition coefficient (Wildman–Crippen LogP) is 6.91. The largest absolute Gasteiger partial charge is 0.416 e. The molecule has 2 aromatic carbocycles. The topological polar surface area (TPSA) is 37.0 Å². The van der Waals surface area contributed by atoms with Crippen LogP contribution >= 0.6 is 11.6 Å². The van der Waals surface area contributed by atoms with E-state index >= 15 is 0 Å². The molecule has 0 saturated carbocycles. The van der Waals surface area contributed by atoms with Gasteiger partial charge in [0.1, 0.15) is 0 Å². The van der Waals surface area contributed by atoms with Crippen LogP contribution in [0.25, 0.3) is 10.9 Å². The van der Waals surface area contributed by atoms with Crippen molar-refractivity contribution in [3.63, 3.8) is 0 Å². The smallest absolute Gasteiger partial charge is 0.383 e. The van der Waals surface area contributed by atoms with E-state index in [0.29, 0.717) is 17.1 Å². The van der Waals surface area contributed by atoms with Gasteiger partial charge in [0, 0.05) is 40.9 Å². The molecule has 0 radical (unpaired) electrons. The molecular weight excluding hydrogens is 456 g/mol. The van der Waals surface area contributed by atoms with Crippen LogP contribution in [0, 0.1) is 0 Å². The van der Waals surface area contributed by atoms with Gasteiger partial charge in [-0.05, 0) is 61.9 Å². The summed E-state index contributed by atoms with van der Waals surface area (Å²) in [6.07, 6.45) is -8.14. The van der Waals surface area contributed by atoms with Crippen LogP contribution in [0.15, 0.2) is 48.7 Å². The van der Waals surface area contributed by atoms with E-state index in [2.05, 4.69) is 15.6 Å². The van der Waals surface area contributed by atoms with Crippen LogP contribution in [0.3, 0.4) is 0 Å². The van der Waals surface area contributed by atoms with E-state index in [1.54, 1.807) is 38.2 Å². The molecule has 1 aromatic heterocycles. The molecule has 0 fully saturated rings. The van der Waals surface area contributed by atoms with Crippen molar-refractivity contribution in [3.05, 3.63) is 70.4 Å². The van der Waals surface area contributed by atoms with Crippen molar-refractivity contribution in [1.82, 2.24) is 10.3 Å². The summed E-state index contributed by atoms with van der Waals surface area (Å²) in [5.74, 6) is 0. The molecule has 0 spiro atoms. The van der Waals surface area contributed by atoms with Crippen molar-refractivity contribution in [2.75, 3.05) is 11.9 Å². The molecule has 0 aliphatic rings. The second-order valence-corrected chi connectivity index (χ2v) is 8.46. The number of alkyl halides is 6. The van der Waals surface area contributed by atoms with Crippen molar-refractivity contribution >= 4 is 28.2 Å². The van der Waals surface area contributed by atoms with Gasteiger partial charge in [-0.15, -0.1) is 0 Å². The van der Waals surface area contributed by atoms with Crippen LogP contribution in [0.5, 0.6) is 0 Å². The third kappa shape index (κ3) is 6.04. The first-order chi connectivity index (χ1) is 14.7. The Morgan fingerprint density at radius 3 is 2.09 bits per heavy atom. The van der Waals surface area contributed by atoms with Gasteiger partial charge in [-0.2, -0.15) is 26.3 Å². The van der Waals surface area contributed by atoms with E-state index in [1.807, 2.05) is 6.07 Å². The van der Waals surface area contributed by atoms with Crippen LogP contribution in [0.4, 0.5) is 32.0 Å². The molecule has 2 N–H and O–H groups in total. The van der Waals surface area contributed by atoms with E-state index in [9.17, 15) is 26.3 Å². The maximum Gasteiger partial charge on any atom is 0.416 e. The summed E-state index contributed by atoms with van der Waals surface area (Å²) >= 11 is 5.99. The van der Waals surface area contributed by atoms with Gasteiger partial charge in [-0.3, -0.25) is 4.98 Å². The second-order valence-electron chi connectivity index (χ2n) is 8.03. The summed E-state index contributed by atoms with van der Waals surface area (Å²) in [4.78, 5) is 4.26. The molecule has 1 heterocycles. The fourth-order valence-electron chi connectivity index (χ4n) is 3.12. The van der Waals surface area contributed by atoms with Gasteiger partial charge in [0.05, 0.1) is 16.6 Å². The Morgan fingerprint density at radius 2 is 1.50 bits per heavy atom. The SMILES string of the molecule is CC(C)(CNc1ccnc2cc(Cl)ccc12)NCc1cc(C(F)(F)F)cc(C(F)(F)F)c1. The van der Waals surface area contributed by atoms with Crippen molar-refractivity contribution in [2.45, 2.75) is 38.3 Å². The average molecular weight is 476 g/mol. The van der Waals surface area contributed by atoms with Gasteiger partial charge in [0.15, 0.2) is 0 Å². The molecule has 32 heavy (non-hydrogen) atoms. The Kier molecular flexibility index (Phi) is 6.62. The lowest BCUT2D eigenvalue weighted by Crippen LogP contribution is -2.44.